The molecule has 100 valence electrons. The van der Waals surface area contributed by atoms with Crippen molar-refractivity contribution in [2.24, 2.45) is 5.73 Å². The first-order valence-electron chi connectivity index (χ1n) is 6.15. The third kappa shape index (κ3) is 3.74. The second kappa shape index (κ2) is 6.40. The molecule has 0 fully saturated rings. The first-order chi connectivity index (χ1) is 8.45. The zero-order valence-corrected chi connectivity index (χ0v) is 11.5. The second-order valence-electron chi connectivity index (χ2n) is 4.61. The Kier molecular flexibility index (Phi) is 5.16. The predicted molar refractivity (Wildman–Crippen MR) is 72.6 cm³/mol. The van der Waals surface area contributed by atoms with E-state index in [0.717, 1.165) is 5.56 Å². The van der Waals surface area contributed by atoms with E-state index in [1.54, 1.807) is 18.9 Å². The molecule has 0 heterocycles. The number of carbonyl (C=O) groups excluding carboxylic acids is 1. The number of nitrogens with zero attached hydrogens (tertiary/aromatic N) is 1. The van der Waals surface area contributed by atoms with Crippen molar-refractivity contribution < 1.29 is 9.53 Å². The quantitative estimate of drug-likeness (QED) is 0.863. The Bertz CT molecular complexity index is 389. The van der Waals surface area contributed by atoms with Crippen LogP contribution >= 0.6 is 0 Å². The highest BCUT2D eigenvalue weighted by Crippen LogP contribution is 2.14. The summed E-state index contributed by atoms with van der Waals surface area (Å²) < 4.78 is 5.61. The average Bonchev–Trinajstić information content (AvgIpc) is 2.38. The van der Waals surface area contributed by atoms with Gasteiger partial charge < -0.3 is 15.4 Å². The van der Waals surface area contributed by atoms with Gasteiger partial charge >= 0.3 is 0 Å². The van der Waals surface area contributed by atoms with Crippen LogP contribution in [0.2, 0.25) is 0 Å². The molecule has 0 aliphatic heterocycles. The minimum absolute atomic E-state index is 0.0153. The third-order valence-corrected chi connectivity index (χ3v) is 3.03. The number of ether oxygens (including phenoxy) is 1. The van der Waals surface area contributed by atoms with Crippen molar-refractivity contribution in [1.29, 1.82) is 0 Å². The van der Waals surface area contributed by atoms with Crippen LogP contribution in [0.3, 0.4) is 0 Å². The van der Waals surface area contributed by atoms with Crippen molar-refractivity contribution in [2.45, 2.75) is 32.9 Å². The lowest BCUT2D eigenvalue weighted by molar-refractivity contribution is -0.138. The number of hydrogen-bond acceptors (Lipinski definition) is 3. The van der Waals surface area contributed by atoms with Gasteiger partial charge in [0.2, 0.25) is 0 Å². The van der Waals surface area contributed by atoms with Crippen molar-refractivity contribution in [1.82, 2.24) is 4.90 Å². The predicted octanol–water partition coefficient (Wildman–Crippen LogP) is 1.57. The molecule has 1 amide bonds. The Morgan fingerprint density at radius 3 is 2.39 bits per heavy atom. The summed E-state index contributed by atoms with van der Waals surface area (Å²) in [4.78, 5) is 13.7. The molecule has 1 aromatic carbocycles. The molecule has 18 heavy (non-hydrogen) atoms. The molecular formula is C14H22N2O2. The fourth-order valence-electron chi connectivity index (χ4n) is 1.53. The lowest BCUT2D eigenvalue weighted by Gasteiger charge is -2.26. The molecule has 0 saturated heterocycles. The number of benzene rings is 1. The van der Waals surface area contributed by atoms with Crippen LogP contribution in [-0.4, -0.2) is 36.5 Å². The molecule has 0 aliphatic rings. The highest BCUT2D eigenvalue weighted by Gasteiger charge is 2.22. The highest BCUT2D eigenvalue weighted by molar-refractivity contribution is 5.80. The van der Waals surface area contributed by atoms with Crippen LogP contribution in [0.5, 0.6) is 5.75 Å². The fourth-order valence-corrected chi connectivity index (χ4v) is 1.53. The topological polar surface area (TPSA) is 55.6 Å². The van der Waals surface area contributed by atoms with Gasteiger partial charge in [0.1, 0.15) is 5.75 Å². The summed E-state index contributed by atoms with van der Waals surface area (Å²) >= 11 is 0. The summed E-state index contributed by atoms with van der Waals surface area (Å²) in [5.74, 6) is 0.642. The van der Waals surface area contributed by atoms with E-state index >= 15 is 0 Å². The molecular weight excluding hydrogens is 228 g/mol. The normalized spacial score (nSPS) is 13.8. The number of amides is 1. The van der Waals surface area contributed by atoms with E-state index in [0.29, 0.717) is 12.3 Å². The molecule has 2 unspecified atom stereocenters. The SMILES string of the molecule is Cc1ccc(OC(C)C(=O)N(C)C(C)CN)cc1. The fraction of sp³-hybridized carbons (Fsp3) is 0.500. The lowest BCUT2D eigenvalue weighted by Crippen LogP contribution is -2.45. The van der Waals surface area contributed by atoms with Gasteiger partial charge in [-0.3, -0.25) is 4.79 Å². The molecule has 0 radical (unpaired) electrons. The molecule has 0 bridgehead atoms. The minimum atomic E-state index is -0.508. The van der Waals surface area contributed by atoms with E-state index < -0.39 is 6.10 Å². The largest absolute Gasteiger partial charge is 0.481 e. The van der Waals surface area contributed by atoms with Gasteiger partial charge in [0.25, 0.3) is 5.91 Å². The van der Waals surface area contributed by atoms with Crippen LogP contribution in [0, 0.1) is 6.92 Å². The van der Waals surface area contributed by atoms with Crippen molar-refractivity contribution >= 4 is 5.91 Å². The first-order valence-corrected chi connectivity index (χ1v) is 6.15. The maximum Gasteiger partial charge on any atom is 0.263 e. The molecule has 1 rings (SSSR count). The van der Waals surface area contributed by atoms with Gasteiger partial charge in [-0.1, -0.05) is 17.7 Å². The van der Waals surface area contributed by atoms with E-state index in [9.17, 15) is 4.79 Å². The Labute approximate surface area is 109 Å². The van der Waals surface area contributed by atoms with Crippen molar-refractivity contribution in [2.75, 3.05) is 13.6 Å². The summed E-state index contributed by atoms with van der Waals surface area (Å²) in [5.41, 5.74) is 6.71. The van der Waals surface area contributed by atoms with Gasteiger partial charge in [0, 0.05) is 19.6 Å². The van der Waals surface area contributed by atoms with Gasteiger partial charge in [-0.15, -0.1) is 0 Å². The number of hydrogen-bond donors (Lipinski definition) is 1. The Hall–Kier alpha value is -1.55. The maximum absolute atomic E-state index is 12.1. The lowest BCUT2D eigenvalue weighted by atomic mass is 10.2. The summed E-state index contributed by atoms with van der Waals surface area (Å²) in [6.45, 7) is 6.12. The standard InChI is InChI=1S/C14H22N2O2/c1-10-5-7-13(8-6-10)18-12(3)14(17)16(4)11(2)9-15/h5-8,11-12H,9,15H2,1-4H3. The summed E-state index contributed by atoms with van der Waals surface area (Å²) in [7, 11) is 1.74. The molecule has 2 N–H and O–H groups in total. The molecule has 0 saturated carbocycles. The highest BCUT2D eigenvalue weighted by atomic mass is 16.5. The molecule has 1 aromatic rings. The zero-order chi connectivity index (χ0) is 13.7. The van der Waals surface area contributed by atoms with Crippen LogP contribution in [0.25, 0.3) is 0 Å². The number of rotatable bonds is 5. The molecule has 0 aliphatic carbocycles. The summed E-state index contributed by atoms with van der Waals surface area (Å²) in [6, 6.07) is 7.66. The van der Waals surface area contributed by atoms with Crippen molar-refractivity contribution in [3.8, 4) is 5.75 Å². The smallest absolute Gasteiger partial charge is 0.263 e. The Morgan fingerprint density at radius 1 is 1.33 bits per heavy atom. The summed E-state index contributed by atoms with van der Waals surface area (Å²) in [5, 5.41) is 0. The monoisotopic (exact) mass is 250 g/mol. The van der Waals surface area contributed by atoms with Crippen molar-refractivity contribution in [3.63, 3.8) is 0 Å². The molecule has 2 atom stereocenters. The maximum atomic E-state index is 12.1. The van der Waals surface area contributed by atoms with E-state index in [-0.39, 0.29) is 11.9 Å². The van der Waals surface area contributed by atoms with Gasteiger partial charge in [-0.05, 0) is 32.9 Å². The van der Waals surface area contributed by atoms with Gasteiger partial charge in [-0.2, -0.15) is 0 Å². The zero-order valence-electron chi connectivity index (χ0n) is 11.5. The van der Waals surface area contributed by atoms with Crippen LogP contribution in [-0.2, 0) is 4.79 Å². The van der Waals surface area contributed by atoms with Gasteiger partial charge in [-0.25, -0.2) is 0 Å². The van der Waals surface area contributed by atoms with E-state index in [4.69, 9.17) is 10.5 Å². The third-order valence-electron chi connectivity index (χ3n) is 3.03. The molecule has 0 spiro atoms. The first kappa shape index (κ1) is 14.5. The molecule has 4 heteroatoms. The Balaban J connectivity index is 2.62. The molecule has 4 nitrogen and oxygen atoms in total. The average molecular weight is 250 g/mol. The number of carbonyl (C=O) groups is 1. The van der Waals surface area contributed by atoms with Crippen LogP contribution in [0.15, 0.2) is 24.3 Å². The van der Waals surface area contributed by atoms with E-state index in [1.165, 1.54) is 0 Å². The van der Waals surface area contributed by atoms with Crippen LogP contribution in [0.1, 0.15) is 19.4 Å². The van der Waals surface area contributed by atoms with Gasteiger partial charge in [0.05, 0.1) is 0 Å². The van der Waals surface area contributed by atoms with Crippen LogP contribution < -0.4 is 10.5 Å². The minimum Gasteiger partial charge on any atom is -0.481 e. The summed E-state index contributed by atoms with van der Waals surface area (Å²) in [6.07, 6.45) is -0.508. The second-order valence-corrected chi connectivity index (χ2v) is 4.61. The van der Waals surface area contributed by atoms with Crippen LogP contribution in [0.4, 0.5) is 0 Å². The van der Waals surface area contributed by atoms with E-state index in [1.807, 2.05) is 38.1 Å². The number of nitrogens with two attached hydrogens (primary N) is 1. The van der Waals surface area contributed by atoms with Crippen molar-refractivity contribution in [3.05, 3.63) is 29.8 Å². The number of likely N-dealkylation sites (N-methyl/N-ethyl adjacent to an activating group) is 1. The molecule has 0 aromatic heterocycles. The van der Waals surface area contributed by atoms with E-state index in [2.05, 4.69) is 0 Å². The van der Waals surface area contributed by atoms with Gasteiger partial charge in [0.15, 0.2) is 6.10 Å². The Morgan fingerprint density at radius 2 is 1.89 bits per heavy atom. The number of aryl methyl sites for hydroxylation is 1.